The lowest BCUT2D eigenvalue weighted by Gasteiger charge is -2.13. The Balaban J connectivity index is 2.08. The van der Waals surface area contributed by atoms with Crippen LogP contribution in [0.4, 0.5) is 0 Å². The molecule has 0 spiro atoms. The minimum atomic E-state index is -0.0512. The molecule has 0 fully saturated rings. The standard InChI is InChI=1S/C17H18ClN3/c1-2-14(19)17-20-15-5-3-4-6-16(15)21(17)11-12-7-9-13(18)10-8-12/h3-10,14H,2,11,19H2,1H3/t14-/m0/s1. The molecular weight excluding hydrogens is 282 g/mol. The Hall–Kier alpha value is -1.84. The first kappa shape index (κ1) is 14.1. The van der Waals surface area contributed by atoms with Crippen LogP contribution in [-0.4, -0.2) is 9.55 Å². The van der Waals surface area contributed by atoms with Crippen LogP contribution in [-0.2, 0) is 6.54 Å². The Morgan fingerprint density at radius 2 is 1.86 bits per heavy atom. The lowest BCUT2D eigenvalue weighted by molar-refractivity contribution is 0.605. The van der Waals surface area contributed by atoms with Gasteiger partial charge in [0.15, 0.2) is 0 Å². The van der Waals surface area contributed by atoms with Crippen molar-refractivity contribution in [2.24, 2.45) is 5.73 Å². The topological polar surface area (TPSA) is 43.8 Å². The fraction of sp³-hybridized carbons (Fsp3) is 0.235. The summed E-state index contributed by atoms with van der Waals surface area (Å²) in [5, 5.41) is 0.750. The van der Waals surface area contributed by atoms with E-state index in [1.54, 1.807) is 0 Å². The van der Waals surface area contributed by atoms with Crippen molar-refractivity contribution in [2.75, 3.05) is 0 Å². The van der Waals surface area contributed by atoms with Gasteiger partial charge < -0.3 is 10.3 Å². The van der Waals surface area contributed by atoms with Crippen molar-refractivity contribution in [3.63, 3.8) is 0 Å². The minimum absolute atomic E-state index is 0.0512. The number of benzene rings is 2. The Morgan fingerprint density at radius 3 is 2.57 bits per heavy atom. The average molecular weight is 300 g/mol. The molecule has 0 amide bonds. The molecule has 0 bridgehead atoms. The SMILES string of the molecule is CC[C@H](N)c1nc2ccccc2n1Cc1ccc(Cl)cc1. The molecule has 0 unspecified atom stereocenters. The fourth-order valence-electron chi connectivity index (χ4n) is 2.50. The van der Waals surface area contributed by atoms with Gasteiger partial charge in [-0.2, -0.15) is 0 Å². The summed E-state index contributed by atoms with van der Waals surface area (Å²) < 4.78 is 2.20. The largest absolute Gasteiger partial charge is 0.322 e. The summed E-state index contributed by atoms with van der Waals surface area (Å²) in [5.74, 6) is 0.939. The highest BCUT2D eigenvalue weighted by molar-refractivity contribution is 6.30. The summed E-state index contributed by atoms with van der Waals surface area (Å²) in [5.41, 5.74) is 9.53. The zero-order valence-corrected chi connectivity index (χ0v) is 12.7. The Kier molecular flexibility index (Phi) is 3.95. The predicted octanol–water partition coefficient (Wildman–Crippen LogP) is 4.15. The van der Waals surface area contributed by atoms with Gasteiger partial charge in [0.2, 0.25) is 0 Å². The smallest absolute Gasteiger partial charge is 0.127 e. The molecule has 0 saturated carbocycles. The van der Waals surface area contributed by atoms with Crippen LogP contribution >= 0.6 is 11.6 Å². The zero-order chi connectivity index (χ0) is 14.8. The number of imidazole rings is 1. The molecule has 21 heavy (non-hydrogen) atoms. The molecule has 0 aliphatic rings. The van der Waals surface area contributed by atoms with Gasteiger partial charge in [0.1, 0.15) is 5.82 Å². The first-order valence-corrected chi connectivity index (χ1v) is 7.52. The molecule has 1 atom stereocenters. The van der Waals surface area contributed by atoms with E-state index < -0.39 is 0 Å². The van der Waals surface area contributed by atoms with E-state index in [1.165, 1.54) is 5.56 Å². The Labute approximate surface area is 129 Å². The van der Waals surface area contributed by atoms with Crippen LogP contribution in [0.1, 0.15) is 30.8 Å². The number of hydrogen-bond donors (Lipinski definition) is 1. The third kappa shape index (κ3) is 2.80. The lowest BCUT2D eigenvalue weighted by Crippen LogP contribution is -2.16. The van der Waals surface area contributed by atoms with Gasteiger partial charge in [0, 0.05) is 11.6 Å². The molecule has 3 aromatic rings. The van der Waals surface area contributed by atoms with Gasteiger partial charge in [-0.05, 0) is 36.2 Å². The molecule has 0 radical (unpaired) electrons. The minimum Gasteiger partial charge on any atom is -0.322 e. The van der Waals surface area contributed by atoms with E-state index in [0.29, 0.717) is 0 Å². The molecular formula is C17H18ClN3. The van der Waals surface area contributed by atoms with Crippen LogP contribution in [0.5, 0.6) is 0 Å². The summed E-state index contributed by atoms with van der Waals surface area (Å²) in [6.07, 6.45) is 0.865. The number of rotatable bonds is 4. The Bertz CT molecular complexity index is 746. The molecule has 1 heterocycles. The maximum atomic E-state index is 6.23. The number of para-hydroxylation sites is 2. The highest BCUT2D eigenvalue weighted by Gasteiger charge is 2.15. The van der Waals surface area contributed by atoms with Crippen LogP contribution in [0.2, 0.25) is 5.02 Å². The van der Waals surface area contributed by atoms with Crippen molar-refractivity contribution >= 4 is 22.6 Å². The normalized spacial score (nSPS) is 12.7. The van der Waals surface area contributed by atoms with E-state index >= 15 is 0 Å². The number of halogens is 1. The molecule has 0 aliphatic carbocycles. The quantitative estimate of drug-likeness (QED) is 0.786. The number of aromatic nitrogens is 2. The van der Waals surface area contributed by atoms with E-state index in [4.69, 9.17) is 22.3 Å². The second kappa shape index (κ2) is 5.88. The summed E-state index contributed by atoms with van der Waals surface area (Å²) >= 11 is 5.95. The highest BCUT2D eigenvalue weighted by atomic mass is 35.5. The first-order valence-electron chi connectivity index (χ1n) is 7.14. The number of nitrogens with two attached hydrogens (primary N) is 1. The molecule has 1 aromatic heterocycles. The van der Waals surface area contributed by atoms with Crippen molar-refractivity contribution in [1.82, 2.24) is 9.55 Å². The van der Waals surface area contributed by atoms with Gasteiger partial charge in [0.25, 0.3) is 0 Å². The molecule has 3 nitrogen and oxygen atoms in total. The van der Waals surface area contributed by atoms with Crippen LogP contribution in [0.15, 0.2) is 48.5 Å². The zero-order valence-electron chi connectivity index (χ0n) is 12.0. The van der Waals surface area contributed by atoms with Gasteiger partial charge in [-0.3, -0.25) is 0 Å². The molecule has 2 aromatic carbocycles. The van der Waals surface area contributed by atoms with Gasteiger partial charge >= 0.3 is 0 Å². The van der Waals surface area contributed by atoms with E-state index in [0.717, 1.165) is 34.8 Å². The van der Waals surface area contributed by atoms with E-state index in [1.807, 2.05) is 42.5 Å². The molecule has 0 aliphatic heterocycles. The second-order valence-electron chi connectivity index (χ2n) is 5.19. The molecule has 4 heteroatoms. The van der Waals surface area contributed by atoms with Crippen molar-refractivity contribution in [3.8, 4) is 0 Å². The third-order valence-corrected chi connectivity index (χ3v) is 3.96. The summed E-state index contributed by atoms with van der Waals surface area (Å²) in [6.45, 7) is 2.83. The molecule has 108 valence electrons. The molecule has 3 rings (SSSR count). The maximum absolute atomic E-state index is 6.23. The van der Waals surface area contributed by atoms with Crippen LogP contribution in [0, 0.1) is 0 Å². The van der Waals surface area contributed by atoms with Crippen molar-refractivity contribution in [2.45, 2.75) is 25.9 Å². The van der Waals surface area contributed by atoms with Crippen molar-refractivity contribution in [1.29, 1.82) is 0 Å². The van der Waals surface area contributed by atoms with E-state index in [-0.39, 0.29) is 6.04 Å². The monoisotopic (exact) mass is 299 g/mol. The fourth-order valence-corrected chi connectivity index (χ4v) is 2.62. The lowest BCUT2D eigenvalue weighted by atomic mass is 10.2. The van der Waals surface area contributed by atoms with Gasteiger partial charge in [-0.15, -0.1) is 0 Å². The molecule has 2 N–H and O–H groups in total. The third-order valence-electron chi connectivity index (χ3n) is 3.71. The summed E-state index contributed by atoms with van der Waals surface area (Å²) in [7, 11) is 0. The van der Waals surface area contributed by atoms with Crippen LogP contribution in [0.3, 0.4) is 0 Å². The van der Waals surface area contributed by atoms with Gasteiger partial charge in [0.05, 0.1) is 17.1 Å². The van der Waals surface area contributed by atoms with Crippen LogP contribution < -0.4 is 5.73 Å². The second-order valence-corrected chi connectivity index (χ2v) is 5.62. The van der Waals surface area contributed by atoms with Gasteiger partial charge in [-0.1, -0.05) is 42.8 Å². The van der Waals surface area contributed by atoms with Crippen molar-refractivity contribution < 1.29 is 0 Å². The predicted molar refractivity (Wildman–Crippen MR) is 87.5 cm³/mol. The number of fused-ring (bicyclic) bond motifs is 1. The van der Waals surface area contributed by atoms with E-state index in [9.17, 15) is 0 Å². The highest BCUT2D eigenvalue weighted by Crippen LogP contribution is 2.23. The first-order chi connectivity index (χ1) is 10.2. The van der Waals surface area contributed by atoms with Gasteiger partial charge in [-0.25, -0.2) is 4.98 Å². The van der Waals surface area contributed by atoms with Crippen molar-refractivity contribution in [3.05, 3.63) is 64.9 Å². The maximum Gasteiger partial charge on any atom is 0.127 e. The summed E-state index contributed by atoms with van der Waals surface area (Å²) in [6, 6.07) is 16.0. The van der Waals surface area contributed by atoms with Crippen LogP contribution in [0.25, 0.3) is 11.0 Å². The van der Waals surface area contributed by atoms with E-state index in [2.05, 4.69) is 17.6 Å². The average Bonchev–Trinajstić information content (AvgIpc) is 2.88. The number of hydrogen-bond acceptors (Lipinski definition) is 2. The Morgan fingerprint density at radius 1 is 1.14 bits per heavy atom. The number of nitrogens with zero attached hydrogens (tertiary/aromatic N) is 2. The summed E-state index contributed by atoms with van der Waals surface area (Å²) in [4.78, 5) is 4.71. The molecule has 0 saturated heterocycles.